The summed E-state index contributed by atoms with van der Waals surface area (Å²) in [5, 5.41) is 6.79. The zero-order valence-electron chi connectivity index (χ0n) is 17.5. The number of hydrogen-bond donors (Lipinski definition) is 2. The lowest BCUT2D eigenvalue weighted by Crippen LogP contribution is -2.32. The van der Waals surface area contributed by atoms with E-state index in [1.165, 1.54) is 0 Å². The summed E-state index contributed by atoms with van der Waals surface area (Å²) in [4.78, 5) is 17.5. The first-order valence-corrected chi connectivity index (χ1v) is 9.75. The average molecular weight is 454 g/mol. The molecular formula is C21H29Cl2N5O2. The molecule has 0 aliphatic carbocycles. The third-order valence-corrected chi connectivity index (χ3v) is 5.63. The molecule has 164 valence electrons. The summed E-state index contributed by atoms with van der Waals surface area (Å²) in [7, 11) is 3.47. The standard InChI is InChI=1S/C21H27N5O2.2ClH/c1-14-12-16(28-3)4-5-17(14)24-20-19-18(8-11-23-20)26(21(27)25(19)2)13-15-6-9-22-10-7-15;;/h4-5,8,11-12,15,22H,6-7,9-10,13H2,1-3H3,(H,23,24);2*1H. The number of aryl methyl sites for hydroxylation is 2. The Morgan fingerprint density at radius 2 is 1.97 bits per heavy atom. The number of methoxy groups -OCH3 is 1. The van der Waals surface area contributed by atoms with Gasteiger partial charge in [-0.1, -0.05) is 0 Å². The summed E-state index contributed by atoms with van der Waals surface area (Å²) in [5.74, 6) is 2.03. The van der Waals surface area contributed by atoms with Crippen molar-refractivity contribution in [1.29, 1.82) is 0 Å². The molecule has 2 aromatic heterocycles. The van der Waals surface area contributed by atoms with Gasteiger partial charge in [-0.05, 0) is 68.6 Å². The molecule has 0 saturated carbocycles. The Bertz CT molecular complexity index is 1060. The van der Waals surface area contributed by atoms with E-state index in [1.54, 1.807) is 17.9 Å². The molecule has 7 nitrogen and oxygen atoms in total. The molecule has 1 saturated heterocycles. The second kappa shape index (κ2) is 10.2. The number of halogens is 2. The van der Waals surface area contributed by atoms with Crippen LogP contribution in [-0.2, 0) is 13.6 Å². The van der Waals surface area contributed by atoms with Gasteiger partial charge in [-0.3, -0.25) is 9.13 Å². The highest BCUT2D eigenvalue weighted by Crippen LogP contribution is 2.28. The minimum atomic E-state index is 0. The van der Waals surface area contributed by atoms with Gasteiger partial charge in [0.15, 0.2) is 5.82 Å². The van der Waals surface area contributed by atoms with Crippen molar-refractivity contribution in [1.82, 2.24) is 19.4 Å². The van der Waals surface area contributed by atoms with Crippen LogP contribution in [0.1, 0.15) is 18.4 Å². The molecule has 3 heterocycles. The number of pyridine rings is 1. The van der Waals surface area contributed by atoms with Gasteiger partial charge in [-0.2, -0.15) is 0 Å². The Morgan fingerprint density at radius 3 is 2.63 bits per heavy atom. The van der Waals surface area contributed by atoms with Crippen LogP contribution in [0.5, 0.6) is 5.75 Å². The lowest BCUT2D eigenvalue weighted by molar-refractivity contribution is 0.332. The summed E-state index contributed by atoms with van der Waals surface area (Å²) in [6.45, 7) is 4.82. The van der Waals surface area contributed by atoms with Crippen molar-refractivity contribution >= 4 is 47.4 Å². The third-order valence-electron chi connectivity index (χ3n) is 5.63. The van der Waals surface area contributed by atoms with E-state index in [1.807, 2.05) is 42.8 Å². The summed E-state index contributed by atoms with van der Waals surface area (Å²) in [6.07, 6.45) is 3.97. The monoisotopic (exact) mass is 453 g/mol. The van der Waals surface area contributed by atoms with Gasteiger partial charge in [0.1, 0.15) is 11.3 Å². The van der Waals surface area contributed by atoms with E-state index in [4.69, 9.17) is 4.74 Å². The van der Waals surface area contributed by atoms with Crippen molar-refractivity contribution in [3.8, 4) is 5.75 Å². The SMILES string of the molecule is COc1ccc(Nc2nccc3c2n(C)c(=O)n3CC2CCNCC2)c(C)c1.Cl.Cl. The number of ether oxygens (including phenoxy) is 1. The van der Waals surface area contributed by atoms with Gasteiger partial charge in [-0.15, -0.1) is 24.8 Å². The van der Waals surface area contributed by atoms with Crippen LogP contribution in [0, 0.1) is 12.8 Å². The van der Waals surface area contributed by atoms with Crippen LogP contribution in [0.3, 0.4) is 0 Å². The average Bonchev–Trinajstić information content (AvgIpc) is 2.96. The minimum Gasteiger partial charge on any atom is -0.497 e. The minimum absolute atomic E-state index is 0. The van der Waals surface area contributed by atoms with E-state index >= 15 is 0 Å². The summed E-state index contributed by atoms with van der Waals surface area (Å²) in [5.41, 5.74) is 3.76. The zero-order valence-corrected chi connectivity index (χ0v) is 19.1. The van der Waals surface area contributed by atoms with Crippen molar-refractivity contribution in [3.63, 3.8) is 0 Å². The number of hydrogen-bond acceptors (Lipinski definition) is 5. The van der Waals surface area contributed by atoms with E-state index in [0.29, 0.717) is 11.7 Å². The quantitative estimate of drug-likeness (QED) is 0.616. The van der Waals surface area contributed by atoms with Crippen molar-refractivity contribution in [2.24, 2.45) is 13.0 Å². The molecule has 0 amide bonds. The normalized spacial score (nSPS) is 14.1. The molecule has 1 aromatic carbocycles. The van der Waals surface area contributed by atoms with Crippen molar-refractivity contribution in [2.45, 2.75) is 26.3 Å². The van der Waals surface area contributed by atoms with E-state index in [9.17, 15) is 4.79 Å². The molecular weight excluding hydrogens is 425 g/mol. The number of aromatic nitrogens is 3. The smallest absolute Gasteiger partial charge is 0.328 e. The molecule has 30 heavy (non-hydrogen) atoms. The molecule has 0 bridgehead atoms. The van der Waals surface area contributed by atoms with Gasteiger partial charge in [0.25, 0.3) is 0 Å². The number of nitrogens with one attached hydrogen (secondary N) is 2. The Balaban J connectivity index is 0.00000160. The molecule has 4 rings (SSSR count). The van der Waals surface area contributed by atoms with Gasteiger partial charge in [0, 0.05) is 25.5 Å². The predicted octanol–water partition coefficient (Wildman–Crippen LogP) is 3.64. The maximum absolute atomic E-state index is 13.0. The number of piperidine rings is 1. The van der Waals surface area contributed by atoms with Crippen LogP contribution in [0.15, 0.2) is 35.3 Å². The van der Waals surface area contributed by atoms with Crippen molar-refractivity contribution < 1.29 is 4.74 Å². The highest BCUT2D eigenvalue weighted by Gasteiger charge is 2.20. The second-order valence-corrected chi connectivity index (χ2v) is 7.48. The molecule has 1 aliphatic heterocycles. The molecule has 0 spiro atoms. The molecule has 0 unspecified atom stereocenters. The number of fused-ring (bicyclic) bond motifs is 1. The first kappa shape index (κ1) is 24.1. The molecule has 0 atom stereocenters. The van der Waals surface area contributed by atoms with Crippen LogP contribution in [0.2, 0.25) is 0 Å². The van der Waals surface area contributed by atoms with Gasteiger partial charge in [0.05, 0.1) is 12.6 Å². The predicted molar refractivity (Wildman–Crippen MR) is 126 cm³/mol. The van der Waals surface area contributed by atoms with Crippen molar-refractivity contribution in [2.75, 3.05) is 25.5 Å². The van der Waals surface area contributed by atoms with Crippen molar-refractivity contribution in [3.05, 3.63) is 46.5 Å². The number of rotatable bonds is 5. The second-order valence-electron chi connectivity index (χ2n) is 7.48. The van der Waals surface area contributed by atoms with Crippen LogP contribution >= 0.6 is 24.8 Å². The van der Waals surface area contributed by atoms with E-state index in [2.05, 4.69) is 15.6 Å². The maximum atomic E-state index is 13.0. The topological polar surface area (TPSA) is 73.1 Å². The molecule has 3 aromatic rings. The van der Waals surface area contributed by atoms with Crippen LogP contribution in [0.4, 0.5) is 11.5 Å². The fourth-order valence-electron chi connectivity index (χ4n) is 3.99. The Labute approximate surface area is 188 Å². The Kier molecular flexibility index (Phi) is 8.18. The highest BCUT2D eigenvalue weighted by atomic mass is 35.5. The van der Waals surface area contributed by atoms with Crippen LogP contribution in [-0.4, -0.2) is 34.3 Å². The number of imidazole rings is 1. The van der Waals surface area contributed by atoms with Crippen LogP contribution < -0.4 is 21.1 Å². The van der Waals surface area contributed by atoms with Crippen LogP contribution in [0.25, 0.3) is 11.0 Å². The fraction of sp³-hybridized carbons (Fsp3) is 0.429. The Hall–Kier alpha value is -2.22. The molecule has 0 radical (unpaired) electrons. The summed E-state index contributed by atoms with van der Waals surface area (Å²) < 4.78 is 8.89. The van der Waals surface area contributed by atoms with E-state index in [-0.39, 0.29) is 30.5 Å². The van der Waals surface area contributed by atoms with Gasteiger partial charge in [-0.25, -0.2) is 9.78 Å². The molecule has 1 aliphatic rings. The van der Waals surface area contributed by atoms with Gasteiger partial charge in [0.2, 0.25) is 0 Å². The molecule has 1 fully saturated rings. The number of nitrogens with zero attached hydrogens (tertiary/aromatic N) is 3. The third kappa shape index (κ3) is 4.58. The number of benzene rings is 1. The zero-order chi connectivity index (χ0) is 19.7. The number of anilines is 2. The fourth-order valence-corrected chi connectivity index (χ4v) is 3.99. The molecule has 2 N–H and O–H groups in total. The first-order chi connectivity index (χ1) is 13.6. The first-order valence-electron chi connectivity index (χ1n) is 9.75. The van der Waals surface area contributed by atoms with Gasteiger partial charge >= 0.3 is 5.69 Å². The highest BCUT2D eigenvalue weighted by molar-refractivity contribution is 5.89. The molecule has 9 heteroatoms. The lowest BCUT2D eigenvalue weighted by atomic mass is 9.98. The summed E-state index contributed by atoms with van der Waals surface area (Å²) >= 11 is 0. The lowest BCUT2D eigenvalue weighted by Gasteiger charge is -2.22. The van der Waals surface area contributed by atoms with E-state index < -0.39 is 0 Å². The Morgan fingerprint density at radius 1 is 1.23 bits per heavy atom. The maximum Gasteiger partial charge on any atom is 0.328 e. The summed E-state index contributed by atoms with van der Waals surface area (Å²) in [6, 6.07) is 7.79. The van der Waals surface area contributed by atoms with E-state index in [0.717, 1.165) is 60.5 Å². The van der Waals surface area contributed by atoms with Gasteiger partial charge < -0.3 is 15.4 Å². The largest absolute Gasteiger partial charge is 0.497 e.